The molecule has 3 N–H and O–H groups in total. The van der Waals surface area contributed by atoms with E-state index in [0.29, 0.717) is 0 Å². The van der Waals surface area contributed by atoms with Crippen LogP contribution in [0.25, 0.3) is 0 Å². The number of halogens is 2. The Balaban J connectivity index is 1.92. The number of rotatable bonds is 3. The summed E-state index contributed by atoms with van der Waals surface area (Å²) in [7, 11) is 0. The van der Waals surface area contributed by atoms with Crippen LogP contribution in [0.15, 0.2) is 18.2 Å². The van der Waals surface area contributed by atoms with E-state index in [4.69, 9.17) is 5.73 Å². The van der Waals surface area contributed by atoms with Crippen molar-refractivity contribution in [1.29, 1.82) is 0 Å². The summed E-state index contributed by atoms with van der Waals surface area (Å²) >= 11 is 0. The van der Waals surface area contributed by atoms with Gasteiger partial charge in [0.05, 0.1) is 6.04 Å². The quantitative estimate of drug-likeness (QED) is 0.911. The van der Waals surface area contributed by atoms with Crippen molar-refractivity contribution in [2.24, 2.45) is 5.92 Å². The van der Waals surface area contributed by atoms with Crippen LogP contribution < -0.4 is 11.1 Å². The zero-order valence-electron chi connectivity index (χ0n) is 12.3. The summed E-state index contributed by atoms with van der Waals surface area (Å²) in [4.78, 5) is 11.8. The van der Waals surface area contributed by atoms with Gasteiger partial charge in [0.25, 0.3) is 0 Å². The smallest absolute Gasteiger partial charge is 0.228 e. The lowest BCUT2D eigenvalue weighted by molar-refractivity contribution is 0.356. The molecule has 3 rings (SSSR count). The highest BCUT2D eigenvalue weighted by molar-refractivity contribution is 5.43. The van der Waals surface area contributed by atoms with Gasteiger partial charge in [0.15, 0.2) is 12.0 Å². The average Bonchev–Trinajstić information content (AvgIpc) is 2.74. The summed E-state index contributed by atoms with van der Waals surface area (Å²) in [6.45, 7) is 3.39. The number of nitrogens with one attached hydrogen (secondary N) is 1. The molecule has 1 heterocycles. The minimum absolute atomic E-state index is 0.0138. The molecule has 5 nitrogen and oxygen atoms in total. The molecule has 1 aliphatic rings. The second-order valence-electron chi connectivity index (χ2n) is 5.64. The van der Waals surface area contributed by atoms with Crippen molar-refractivity contribution < 1.29 is 8.78 Å². The number of nitrogen functional groups attached to an aromatic ring is 1. The minimum Gasteiger partial charge on any atom is -0.368 e. The third-order valence-electron chi connectivity index (χ3n) is 3.86. The topological polar surface area (TPSA) is 76.7 Å². The second-order valence-corrected chi connectivity index (χ2v) is 5.64. The molecule has 0 fully saturated rings. The molecule has 0 spiro atoms. The van der Waals surface area contributed by atoms with Crippen LogP contribution in [-0.4, -0.2) is 15.0 Å². The standard InChI is InChI=1S/C15H17F2N5/c1-7-5-9-3-4-10(17)6-11(9)12(7)19-15-21-13(8(2)16)20-14(18)22-15/h3-4,6-8,12H,5H2,1-2H3,(H3,18,19,20,21,22)/t7-,8-,12+/m0/s1. The average molecular weight is 305 g/mol. The Labute approximate surface area is 127 Å². The van der Waals surface area contributed by atoms with E-state index in [1.807, 2.05) is 0 Å². The van der Waals surface area contributed by atoms with E-state index in [2.05, 4.69) is 27.2 Å². The highest BCUT2D eigenvalue weighted by Crippen LogP contribution is 2.38. The fourth-order valence-corrected chi connectivity index (χ4v) is 2.82. The van der Waals surface area contributed by atoms with Crippen molar-refractivity contribution in [2.75, 3.05) is 11.1 Å². The van der Waals surface area contributed by atoms with Crippen LogP contribution in [0, 0.1) is 11.7 Å². The molecule has 116 valence electrons. The van der Waals surface area contributed by atoms with Gasteiger partial charge in [-0.25, -0.2) is 8.78 Å². The third kappa shape index (κ3) is 2.70. The van der Waals surface area contributed by atoms with Gasteiger partial charge >= 0.3 is 0 Å². The first-order valence-electron chi connectivity index (χ1n) is 7.14. The number of benzene rings is 1. The number of anilines is 2. The van der Waals surface area contributed by atoms with E-state index in [9.17, 15) is 8.78 Å². The van der Waals surface area contributed by atoms with Gasteiger partial charge in [-0.1, -0.05) is 13.0 Å². The number of alkyl halides is 1. The SMILES string of the molecule is C[C@H](F)c1nc(N)nc(N[C@H]2c3cc(F)ccc3C[C@@H]2C)n1. The molecule has 0 radical (unpaired) electrons. The highest BCUT2D eigenvalue weighted by Gasteiger charge is 2.30. The Morgan fingerprint density at radius 3 is 2.82 bits per heavy atom. The van der Waals surface area contributed by atoms with Crippen LogP contribution in [0.2, 0.25) is 0 Å². The van der Waals surface area contributed by atoms with Crippen molar-refractivity contribution >= 4 is 11.9 Å². The number of fused-ring (bicyclic) bond motifs is 1. The highest BCUT2D eigenvalue weighted by atomic mass is 19.1. The fourth-order valence-electron chi connectivity index (χ4n) is 2.82. The Morgan fingerprint density at radius 1 is 1.32 bits per heavy atom. The summed E-state index contributed by atoms with van der Waals surface area (Å²) in [5.74, 6) is 0.108. The monoisotopic (exact) mass is 305 g/mol. The van der Waals surface area contributed by atoms with Crippen molar-refractivity contribution in [3.05, 3.63) is 41.0 Å². The maximum absolute atomic E-state index is 13.5. The Kier molecular flexibility index (Phi) is 3.64. The molecule has 0 aliphatic heterocycles. The first-order valence-corrected chi connectivity index (χ1v) is 7.14. The molecule has 3 atom stereocenters. The Hall–Kier alpha value is -2.31. The van der Waals surface area contributed by atoms with Gasteiger partial charge in [0.2, 0.25) is 11.9 Å². The molecule has 0 unspecified atom stereocenters. The van der Waals surface area contributed by atoms with Crippen LogP contribution in [-0.2, 0) is 6.42 Å². The summed E-state index contributed by atoms with van der Waals surface area (Å²) in [5, 5.41) is 3.13. The zero-order valence-corrected chi connectivity index (χ0v) is 12.3. The fraction of sp³-hybridized carbons (Fsp3) is 0.400. The van der Waals surface area contributed by atoms with Crippen molar-refractivity contribution in [1.82, 2.24) is 15.0 Å². The lowest BCUT2D eigenvalue weighted by Crippen LogP contribution is -2.18. The first kappa shape index (κ1) is 14.6. The predicted octanol–water partition coefficient (Wildman–Crippen LogP) is 2.97. The molecule has 1 aromatic heterocycles. The van der Waals surface area contributed by atoms with Crippen LogP contribution in [0.3, 0.4) is 0 Å². The van der Waals surface area contributed by atoms with Crippen LogP contribution >= 0.6 is 0 Å². The van der Waals surface area contributed by atoms with Gasteiger partial charge < -0.3 is 11.1 Å². The molecule has 0 bridgehead atoms. The van der Waals surface area contributed by atoms with Gasteiger partial charge in [-0.05, 0) is 42.5 Å². The molecule has 2 aromatic rings. The van der Waals surface area contributed by atoms with E-state index in [-0.39, 0.29) is 35.5 Å². The molecular formula is C15H17F2N5. The largest absolute Gasteiger partial charge is 0.368 e. The molecule has 0 saturated heterocycles. The van der Waals surface area contributed by atoms with Gasteiger partial charge in [0.1, 0.15) is 5.82 Å². The van der Waals surface area contributed by atoms with Crippen LogP contribution in [0.1, 0.15) is 43.0 Å². The molecular weight excluding hydrogens is 288 g/mol. The molecule has 7 heteroatoms. The van der Waals surface area contributed by atoms with Crippen molar-refractivity contribution in [2.45, 2.75) is 32.5 Å². The Morgan fingerprint density at radius 2 is 2.09 bits per heavy atom. The minimum atomic E-state index is -1.34. The lowest BCUT2D eigenvalue weighted by Gasteiger charge is -2.19. The normalized spacial score (nSPS) is 21.5. The zero-order chi connectivity index (χ0) is 15.9. The van der Waals surface area contributed by atoms with Crippen molar-refractivity contribution in [3.63, 3.8) is 0 Å². The van der Waals surface area contributed by atoms with Gasteiger partial charge in [-0.3, -0.25) is 0 Å². The number of nitrogens with two attached hydrogens (primary N) is 1. The molecule has 0 amide bonds. The number of hydrogen-bond acceptors (Lipinski definition) is 5. The molecule has 1 aromatic carbocycles. The number of nitrogens with zero attached hydrogens (tertiary/aromatic N) is 3. The Bertz CT molecular complexity index is 704. The van der Waals surface area contributed by atoms with E-state index in [0.717, 1.165) is 17.5 Å². The van der Waals surface area contributed by atoms with Gasteiger partial charge in [-0.2, -0.15) is 15.0 Å². The number of hydrogen-bond donors (Lipinski definition) is 2. The summed E-state index contributed by atoms with van der Waals surface area (Å²) in [5.41, 5.74) is 7.56. The van der Waals surface area contributed by atoms with Gasteiger partial charge in [0, 0.05) is 0 Å². The van der Waals surface area contributed by atoms with E-state index < -0.39 is 6.17 Å². The van der Waals surface area contributed by atoms with E-state index in [1.54, 1.807) is 6.07 Å². The van der Waals surface area contributed by atoms with E-state index >= 15 is 0 Å². The van der Waals surface area contributed by atoms with Crippen molar-refractivity contribution in [3.8, 4) is 0 Å². The maximum atomic E-state index is 13.5. The lowest BCUT2D eigenvalue weighted by atomic mass is 10.0. The predicted molar refractivity (Wildman–Crippen MR) is 79.4 cm³/mol. The summed E-state index contributed by atoms with van der Waals surface area (Å²) in [6, 6.07) is 4.62. The molecule has 22 heavy (non-hydrogen) atoms. The first-order chi connectivity index (χ1) is 10.4. The van der Waals surface area contributed by atoms with Crippen LogP contribution in [0.4, 0.5) is 20.7 Å². The summed E-state index contributed by atoms with van der Waals surface area (Å²) < 4.78 is 26.9. The molecule has 0 saturated carbocycles. The number of aromatic nitrogens is 3. The molecule has 1 aliphatic carbocycles. The maximum Gasteiger partial charge on any atom is 0.228 e. The van der Waals surface area contributed by atoms with E-state index in [1.165, 1.54) is 19.1 Å². The third-order valence-corrected chi connectivity index (χ3v) is 3.86. The van der Waals surface area contributed by atoms with Crippen LogP contribution in [0.5, 0.6) is 0 Å². The summed E-state index contributed by atoms with van der Waals surface area (Å²) in [6.07, 6.45) is -0.503. The van der Waals surface area contributed by atoms with Gasteiger partial charge in [-0.15, -0.1) is 0 Å². The second kappa shape index (κ2) is 5.47.